The minimum atomic E-state index is -1.88. The Bertz CT molecular complexity index is 1380. The summed E-state index contributed by atoms with van der Waals surface area (Å²) in [6, 6.07) is 20.6. The van der Waals surface area contributed by atoms with Gasteiger partial charge in [-0.3, -0.25) is 19.0 Å². The van der Waals surface area contributed by atoms with Crippen LogP contribution in [0.5, 0.6) is 0 Å². The molecular formula is C25H19NO5. The molecule has 1 heterocycles. The van der Waals surface area contributed by atoms with Gasteiger partial charge in [-0.15, -0.1) is 0 Å². The lowest BCUT2D eigenvalue weighted by Gasteiger charge is -2.29. The Morgan fingerprint density at radius 1 is 0.839 bits per heavy atom. The first kappa shape index (κ1) is 19.1. The van der Waals surface area contributed by atoms with Gasteiger partial charge in [0.25, 0.3) is 5.91 Å². The van der Waals surface area contributed by atoms with E-state index >= 15 is 0 Å². The molecule has 0 fully saturated rings. The van der Waals surface area contributed by atoms with Crippen molar-refractivity contribution in [3.63, 3.8) is 0 Å². The molecule has 1 aromatic heterocycles. The maximum absolute atomic E-state index is 13.6. The average Bonchev–Trinajstić information content (AvgIpc) is 3.11. The number of benzene rings is 3. The van der Waals surface area contributed by atoms with Crippen LogP contribution >= 0.6 is 0 Å². The second-order valence-electron chi connectivity index (χ2n) is 8.01. The van der Waals surface area contributed by atoms with E-state index < -0.39 is 17.4 Å². The van der Waals surface area contributed by atoms with E-state index in [1.165, 1.54) is 0 Å². The Hall–Kier alpha value is -3.93. The Labute approximate surface area is 177 Å². The molecule has 0 radical (unpaired) electrons. The fourth-order valence-electron chi connectivity index (χ4n) is 4.68. The summed E-state index contributed by atoms with van der Waals surface area (Å²) in [6.07, 6.45) is -0.0144. The van der Waals surface area contributed by atoms with Gasteiger partial charge in [0.05, 0.1) is 5.52 Å². The molecule has 154 valence electrons. The first-order valence-corrected chi connectivity index (χ1v) is 10.0. The van der Waals surface area contributed by atoms with Crippen LogP contribution in [0.3, 0.4) is 0 Å². The monoisotopic (exact) mass is 413 g/mol. The average molecular weight is 413 g/mol. The zero-order valence-electron chi connectivity index (χ0n) is 16.5. The first-order valence-electron chi connectivity index (χ1n) is 10.0. The van der Waals surface area contributed by atoms with E-state index in [1.54, 1.807) is 10.6 Å². The molecule has 0 atom stereocenters. The van der Waals surface area contributed by atoms with Crippen molar-refractivity contribution in [2.24, 2.45) is 5.41 Å². The quantitative estimate of drug-likeness (QED) is 0.493. The molecule has 0 saturated carbocycles. The maximum atomic E-state index is 13.6. The second-order valence-corrected chi connectivity index (χ2v) is 8.01. The van der Waals surface area contributed by atoms with E-state index in [0.717, 1.165) is 16.2 Å². The fourth-order valence-corrected chi connectivity index (χ4v) is 4.68. The molecule has 0 amide bonds. The van der Waals surface area contributed by atoms with Crippen molar-refractivity contribution in [1.82, 2.24) is 4.57 Å². The SMILES string of the molecule is O=C(c1ccc2ccccc2c1)n1c2c(c3ccccc31)CC(C(=O)O)(C(=O)O)CC2. The van der Waals surface area contributed by atoms with Gasteiger partial charge in [0.2, 0.25) is 0 Å². The van der Waals surface area contributed by atoms with Crippen molar-refractivity contribution >= 4 is 39.5 Å². The molecule has 0 spiro atoms. The lowest BCUT2D eigenvalue weighted by atomic mass is 9.72. The van der Waals surface area contributed by atoms with E-state index in [4.69, 9.17) is 0 Å². The highest BCUT2D eigenvalue weighted by Gasteiger charge is 2.50. The third-order valence-corrected chi connectivity index (χ3v) is 6.37. The minimum absolute atomic E-state index is 0.0635. The number of aliphatic carboxylic acids is 2. The summed E-state index contributed by atoms with van der Waals surface area (Å²) in [5.41, 5.74) is 0.625. The Balaban J connectivity index is 1.70. The van der Waals surface area contributed by atoms with Crippen molar-refractivity contribution in [1.29, 1.82) is 0 Å². The standard InChI is InChI=1S/C25H19NO5/c27-22(17-10-9-15-5-1-2-6-16(15)13-17)26-20-8-4-3-7-18(20)19-14-25(23(28)29,24(30)31)12-11-21(19)26/h1-10,13H,11-12,14H2,(H,28,29)(H,30,31). The van der Waals surface area contributed by atoms with Crippen molar-refractivity contribution < 1.29 is 24.6 Å². The summed E-state index contributed by atoms with van der Waals surface area (Å²) in [5, 5.41) is 22.1. The number of nitrogens with zero attached hydrogens (tertiary/aromatic N) is 1. The molecule has 31 heavy (non-hydrogen) atoms. The van der Waals surface area contributed by atoms with Gasteiger partial charge in [0.15, 0.2) is 5.41 Å². The first-order chi connectivity index (χ1) is 14.9. The van der Waals surface area contributed by atoms with Crippen LogP contribution < -0.4 is 0 Å². The summed E-state index contributed by atoms with van der Waals surface area (Å²) >= 11 is 0. The molecular weight excluding hydrogens is 394 g/mol. The van der Waals surface area contributed by atoms with Gasteiger partial charge < -0.3 is 10.2 Å². The summed E-state index contributed by atoms with van der Waals surface area (Å²) in [5.74, 6) is -2.90. The third kappa shape index (κ3) is 2.75. The topological polar surface area (TPSA) is 96.6 Å². The van der Waals surface area contributed by atoms with Crippen molar-refractivity contribution in [2.75, 3.05) is 0 Å². The molecule has 1 aliphatic carbocycles. The van der Waals surface area contributed by atoms with Gasteiger partial charge in [-0.1, -0.05) is 48.5 Å². The predicted octanol–water partition coefficient (Wildman–Crippen LogP) is 4.13. The van der Waals surface area contributed by atoms with Crippen LogP contribution in [0.1, 0.15) is 28.0 Å². The summed E-state index contributed by atoms with van der Waals surface area (Å²) in [7, 11) is 0. The number of fused-ring (bicyclic) bond motifs is 4. The highest BCUT2D eigenvalue weighted by Crippen LogP contribution is 2.41. The molecule has 0 bridgehead atoms. The molecule has 0 saturated heterocycles. The third-order valence-electron chi connectivity index (χ3n) is 6.37. The van der Waals surface area contributed by atoms with Gasteiger partial charge in [-0.05, 0) is 47.4 Å². The normalized spacial score (nSPS) is 15.0. The van der Waals surface area contributed by atoms with E-state index in [9.17, 15) is 24.6 Å². The zero-order chi connectivity index (χ0) is 21.8. The van der Waals surface area contributed by atoms with Gasteiger partial charge >= 0.3 is 11.9 Å². The molecule has 6 heteroatoms. The van der Waals surface area contributed by atoms with Gasteiger partial charge in [-0.25, -0.2) is 0 Å². The van der Waals surface area contributed by atoms with E-state index in [0.29, 0.717) is 22.3 Å². The highest BCUT2D eigenvalue weighted by atomic mass is 16.4. The summed E-state index contributed by atoms with van der Waals surface area (Å²) < 4.78 is 1.63. The van der Waals surface area contributed by atoms with Crippen LogP contribution in [0, 0.1) is 5.41 Å². The van der Waals surface area contributed by atoms with Crippen LogP contribution in [0.15, 0.2) is 66.7 Å². The smallest absolute Gasteiger partial charge is 0.321 e. The van der Waals surface area contributed by atoms with E-state index in [1.807, 2.05) is 60.7 Å². The van der Waals surface area contributed by atoms with Gasteiger partial charge in [0.1, 0.15) is 0 Å². The Kier molecular flexibility index (Phi) is 4.18. The number of aromatic nitrogens is 1. The van der Waals surface area contributed by atoms with Gasteiger partial charge in [0, 0.05) is 23.1 Å². The number of carbonyl (C=O) groups is 3. The summed E-state index contributed by atoms with van der Waals surface area (Å²) in [6.45, 7) is 0. The van der Waals surface area contributed by atoms with E-state index in [2.05, 4.69) is 0 Å². The fraction of sp³-hybridized carbons (Fsp3) is 0.160. The number of carboxylic acid groups (broad SMARTS) is 2. The molecule has 0 unspecified atom stereocenters. The number of hydrogen-bond donors (Lipinski definition) is 2. The van der Waals surface area contributed by atoms with Crippen LogP contribution in [0.4, 0.5) is 0 Å². The van der Waals surface area contributed by atoms with Crippen LogP contribution in [0.2, 0.25) is 0 Å². The predicted molar refractivity (Wildman–Crippen MR) is 115 cm³/mol. The molecule has 5 rings (SSSR count). The van der Waals surface area contributed by atoms with Crippen LogP contribution in [-0.4, -0.2) is 32.6 Å². The molecule has 4 aromatic rings. The molecule has 2 N–H and O–H groups in total. The van der Waals surface area contributed by atoms with Crippen LogP contribution in [-0.2, 0) is 22.4 Å². The van der Waals surface area contributed by atoms with E-state index in [-0.39, 0.29) is 25.2 Å². The molecule has 1 aliphatic rings. The van der Waals surface area contributed by atoms with Crippen LogP contribution in [0.25, 0.3) is 21.7 Å². The van der Waals surface area contributed by atoms with Crippen molar-refractivity contribution in [3.8, 4) is 0 Å². The molecule has 0 aliphatic heterocycles. The Morgan fingerprint density at radius 3 is 2.26 bits per heavy atom. The number of hydrogen-bond acceptors (Lipinski definition) is 3. The molecule has 3 aromatic carbocycles. The lowest BCUT2D eigenvalue weighted by molar-refractivity contribution is -0.165. The van der Waals surface area contributed by atoms with Gasteiger partial charge in [-0.2, -0.15) is 0 Å². The minimum Gasteiger partial charge on any atom is -0.480 e. The largest absolute Gasteiger partial charge is 0.480 e. The number of para-hydroxylation sites is 1. The van der Waals surface area contributed by atoms with Crippen molar-refractivity contribution in [3.05, 3.63) is 83.6 Å². The lowest BCUT2D eigenvalue weighted by Crippen LogP contribution is -2.44. The number of carboxylic acids is 2. The molecule has 6 nitrogen and oxygen atoms in total. The summed E-state index contributed by atoms with van der Waals surface area (Å²) in [4.78, 5) is 37.4. The zero-order valence-corrected chi connectivity index (χ0v) is 16.5. The van der Waals surface area contributed by atoms with Crippen molar-refractivity contribution in [2.45, 2.75) is 19.3 Å². The Morgan fingerprint density at radius 2 is 1.52 bits per heavy atom. The maximum Gasteiger partial charge on any atom is 0.321 e. The highest BCUT2D eigenvalue weighted by molar-refractivity contribution is 6.07. The second kappa shape index (κ2) is 6.80. The number of carbonyl (C=O) groups excluding carboxylic acids is 1. The number of rotatable bonds is 3.